The van der Waals surface area contributed by atoms with E-state index in [0.29, 0.717) is 11.4 Å². The smallest absolute Gasteiger partial charge is 0.253 e. The van der Waals surface area contributed by atoms with Crippen LogP contribution in [0, 0.1) is 0 Å². The number of hydrogen-bond donors (Lipinski definition) is 0. The summed E-state index contributed by atoms with van der Waals surface area (Å²) in [7, 11) is 0. The first kappa shape index (κ1) is 9.87. The number of rotatable bonds is 2. The van der Waals surface area contributed by atoms with Crippen LogP contribution < -0.4 is 20.7 Å². The maximum absolute atomic E-state index is 11.6. The molecular formula is C12H16N2O2. The lowest BCUT2D eigenvalue weighted by molar-refractivity contribution is 0.901. The number of anilines is 2. The van der Waals surface area contributed by atoms with Crippen molar-refractivity contribution in [1.29, 1.82) is 0 Å². The van der Waals surface area contributed by atoms with Gasteiger partial charge in [0.2, 0.25) is 0 Å². The van der Waals surface area contributed by atoms with E-state index in [1.807, 2.05) is 0 Å². The summed E-state index contributed by atoms with van der Waals surface area (Å²) in [5, 5.41) is 0. The lowest BCUT2D eigenvalue weighted by Gasteiger charge is -2.27. The van der Waals surface area contributed by atoms with E-state index in [1.54, 1.807) is 0 Å². The van der Waals surface area contributed by atoms with Gasteiger partial charge in [0.15, 0.2) is 0 Å². The Bertz CT molecular complexity index is 418. The molecule has 4 heteroatoms. The van der Waals surface area contributed by atoms with Crippen molar-refractivity contribution in [3.05, 3.63) is 20.4 Å². The lowest BCUT2D eigenvalue weighted by Crippen LogP contribution is -2.44. The van der Waals surface area contributed by atoms with E-state index in [4.69, 9.17) is 0 Å². The minimum atomic E-state index is -0.260. The van der Waals surface area contributed by atoms with Crippen LogP contribution in [0.1, 0.15) is 25.7 Å². The van der Waals surface area contributed by atoms with Crippen molar-refractivity contribution in [2.24, 2.45) is 0 Å². The van der Waals surface area contributed by atoms with Crippen LogP contribution in [0.2, 0.25) is 0 Å². The molecule has 0 N–H and O–H groups in total. The molecule has 0 amide bonds. The molecule has 0 radical (unpaired) electrons. The van der Waals surface area contributed by atoms with Crippen molar-refractivity contribution in [3.63, 3.8) is 0 Å². The van der Waals surface area contributed by atoms with E-state index >= 15 is 0 Å². The van der Waals surface area contributed by atoms with E-state index in [0.717, 1.165) is 51.9 Å². The Hall–Kier alpha value is -1.32. The molecule has 4 nitrogen and oxygen atoms in total. The van der Waals surface area contributed by atoms with Gasteiger partial charge in [-0.05, 0) is 25.7 Å². The molecular weight excluding hydrogens is 204 g/mol. The van der Waals surface area contributed by atoms with E-state index in [2.05, 4.69) is 9.80 Å². The van der Waals surface area contributed by atoms with Crippen molar-refractivity contribution < 1.29 is 0 Å². The highest BCUT2D eigenvalue weighted by molar-refractivity contribution is 5.76. The summed E-state index contributed by atoms with van der Waals surface area (Å²) in [5.74, 6) is 0. The molecule has 0 unspecified atom stereocenters. The molecule has 0 spiro atoms. The summed E-state index contributed by atoms with van der Waals surface area (Å²) in [4.78, 5) is 27.5. The van der Waals surface area contributed by atoms with Crippen LogP contribution in [0.25, 0.3) is 0 Å². The van der Waals surface area contributed by atoms with E-state index in [-0.39, 0.29) is 10.9 Å². The molecule has 16 heavy (non-hydrogen) atoms. The summed E-state index contributed by atoms with van der Waals surface area (Å²) >= 11 is 0. The second kappa shape index (κ2) is 3.61. The third kappa shape index (κ3) is 1.29. The van der Waals surface area contributed by atoms with Gasteiger partial charge in [0, 0.05) is 26.2 Å². The molecule has 0 saturated carbocycles. The molecule has 1 aromatic rings. The first-order valence-electron chi connectivity index (χ1n) is 6.12. The van der Waals surface area contributed by atoms with Crippen molar-refractivity contribution in [1.82, 2.24) is 0 Å². The monoisotopic (exact) mass is 220 g/mol. The highest BCUT2D eigenvalue weighted by atomic mass is 16.2. The van der Waals surface area contributed by atoms with Gasteiger partial charge < -0.3 is 9.80 Å². The fraction of sp³-hybridized carbons (Fsp3) is 0.667. The molecule has 0 aromatic heterocycles. The number of nitrogens with zero attached hydrogens (tertiary/aromatic N) is 2. The van der Waals surface area contributed by atoms with Gasteiger partial charge in [-0.1, -0.05) is 0 Å². The van der Waals surface area contributed by atoms with Crippen LogP contribution in [-0.4, -0.2) is 26.2 Å². The van der Waals surface area contributed by atoms with Crippen molar-refractivity contribution in [3.8, 4) is 0 Å². The van der Waals surface area contributed by atoms with Gasteiger partial charge in [0.25, 0.3) is 10.9 Å². The molecule has 1 aromatic carbocycles. The predicted octanol–water partition coefficient (Wildman–Crippen LogP) is 0.483. The Morgan fingerprint density at radius 3 is 1.25 bits per heavy atom. The molecule has 2 saturated heterocycles. The Labute approximate surface area is 94.2 Å². The van der Waals surface area contributed by atoms with Crippen LogP contribution in [0.4, 0.5) is 11.4 Å². The van der Waals surface area contributed by atoms with Crippen LogP contribution in [0.5, 0.6) is 0 Å². The van der Waals surface area contributed by atoms with Crippen LogP contribution in [-0.2, 0) is 0 Å². The van der Waals surface area contributed by atoms with Gasteiger partial charge in [-0.25, -0.2) is 0 Å². The SMILES string of the molecule is O=c1c(N2CCCC2)c(N2CCCC2)c1=O. The molecule has 2 heterocycles. The van der Waals surface area contributed by atoms with Crippen molar-refractivity contribution in [2.45, 2.75) is 25.7 Å². The lowest BCUT2D eigenvalue weighted by atomic mass is 10.1. The molecule has 2 fully saturated rings. The molecule has 3 rings (SSSR count). The van der Waals surface area contributed by atoms with Gasteiger partial charge in [-0.2, -0.15) is 0 Å². The average Bonchev–Trinajstić information content (AvgIpc) is 2.96. The fourth-order valence-corrected chi connectivity index (χ4v) is 2.84. The van der Waals surface area contributed by atoms with Crippen LogP contribution >= 0.6 is 0 Å². The fourth-order valence-electron chi connectivity index (χ4n) is 2.84. The molecule has 0 atom stereocenters. The molecule has 2 aliphatic rings. The van der Waals surface area contributed by atoms with E-state index < -0.39 is 0 Å². The van der Waals surface area contributed by atoms with Gasteiger partial charge in [-0.3, -0.25) is 9.59 Å². The van der Waals surface area contributed by atoms with E-state index in [9.17, 15) is 9.59 Å². The summed E-state index contributed by atoms with van der Waals surface area (Å²) in [6, 6.07) is 0. The average molecular weight is 220 g/mol. The Balaban J connectivity index is 1.95. The van der Waals surface area contributed by atoms with Crippen LogP contribution in [0.15, 0.2) is 9.59 Å². The maximum atomic E-state index is 11.6. The predicted molar refractivity (Wildman–Crippen MR) is 64.2 cm³/mol. The summed E-state index contributed by atoms with van der Waals surface area (Å²) in [5.41, 5.74) is 0.904. The first-order chi connectivity index (χ1) is 7.79. The zero-order chi connectivity index (χ0) is 11.1. The quantitative estimate of drug-likeness (QED) is 0.680. The minimum absolute atomic E-state index is 0.260. The molecule has 86 valence electrons. The first-order valence-corrected chi connectivity index (χ1v) is 6.12. The largest absolute Gasteiger partial charge is 0.366 e. The number of hydrogen-bond acceptors (Lipinski definition) is 4. The van der Waals surface area contributed by atoms with Gasteiger partial charge in [0.1, 0.15) is 11.4 Å². The normalized spacial score (nSPS) is 21.2. The maximum Gasteiger partial charge on any atom is 0.253 e. The third-order valence-electron chi connectivity index (χ3n) is 3.71. The topological polar surface area (TPSA) is 40.6 Å². The molecule has 0 bridgehead atoms. The summed E-state index contributed by atoms with van der Waals surface area (Å²) in [6.07, 6.45) is 4.55. The van der Waals surface area contributed by atoms with Gasteiger partial charge in [0.05, 0.1) is 0 Å². The Morgan fingerprint density at radius 1 is 0.625 bits per heavy atom. The summed E-state index contributed by atoms with van der Waals surface area (Å²) < 4.78 is 0. The Kier molecular flexibility index (Phi) is 2.23. The van der Waals surface area contributed by atoms with Gasteiger partial charge >= 0.3 is 0 Å². The molecule has 2 aliphatic heterocycles. The van der Waals surface area contributed by atoms with Crippen molar-refractivity contribution >= 4 is 11.4 Å². The highest BCUT2D eigenvalue weighted by Crippen LogP contribution is 2.29. The van der Waals surface area contributed by atoms with Crippen molar-refractivity contribution in [2.75, 3.05) is 36.0 Å². The highest BCUT2D eigenvalue weighted by Gasteiger charge is 2.31. The Morgan fingerprint density at radius 2 is 0.938 bits per heavy atom. The minimum Gasteiger partial charge on any atom is -0.366 e. The second-order valence-electron chi connectivity index (χ2n) is 4.74. The summed E-state index contributed by atoms with van der Waals surface area (Å²) in [6.45, 7) is 3.74. The third-order valence-corrected chi connectivity index (χ3v) is 3.71. The van der Waals surface area contributed by atoms with E-state index in [1.165, 1.54) is 0 Å². The zero-order valence-electron chi connectivity index (χ0n) is 9.37. The van der Waals surface area contributed by atoms with Gasteiger partial charge in [-0.15, -0.1) is 0 Å². The zero-order valence-corrected chi connectivity index (χ0v) is 9.37. The molecule has 0 aliphatic carbocycles. The second-order valence-corrected chi connectivity index (χ2v) is 4.74. The standard InChI is InChI=1S/C12H16N2O2/c15-11-9(13-5-1-2-6-13)10(12(11)16)14-7-3-4-8-14/h1-8H2. The van der Waals surface area contributed by atoms with Crippen LogP contribution in [0.3, 0.4) is 0 Å².